The molecule has 2 aromatic rings. The molecule has 0 bridgehead atoms. The Morgan fingerprint density at radius 1 is 1.12 bits per heavy atom. The predicted molar refractivity (Wildman–Crippen MR) is 132 cm³/mol. The average Bonchev–Trinajstić information content (AvgIpc) is 2.74. The van der Waals surface area contributed by atoms with Crippen molar-refractivity contribution in [3.8, 4) is 5.75 Å². The van der Waals surface area contributed by atoms with Crippen molar-refractivity contribution in [2.75, 3.05) is 11.9 Å². The summed E-state index contributed by atoms with van der Waals surface area (Å²) in [7, 11) is 0. The Kier molecular flexibility index (Phi) is 8.06. The number of anilines is 1. The lowest BCUT2D eigenvalue weighted by Gasteiger charge is -2.44. The van der Waals surface area contributed by atoms with Gasteiger partial charge >= 0.3 is 5.97 Å². The van der Waals surface area contributed by atoms with Crippen LogP contribution in [0.25, 0.3) is 0 Å². The Balaban J connectivity index is 1.87. The van der Waals surface area contributed by atoms with Crippen LogP contribution in [0.15, 0.2) is 48.5 Å². The van der Waals surface area contributed by atoms with E-state index in [9.17, 15) is 4.79 Å². The normalized spacial score (nSPS) is 19.3. The van der Waals surface area contributed by atoms with Crippen LogP contribution in [0.3, 0.4) is 0 Å². The summed E-state index contributed by atoms with van der Waals surface area (Å²) in [5, 5.41) is 3.49. The Morgan fingerprint density at radius 3 is 2.52 bits per heavy atom. The van der Waals surface area contributed by atoms with Crippen LogP contribution in [-0.4, -0.2) is 24.3 Å². The molecular weight excluding hydrogens is 414 g/mol. The molecule has 0 fully saturated rings. The monoisotopic (exact) mass is 453 g/mol. The van der Waals surface area contributed by atoms with E-state index in [1.54, 1.807) is 0 Å². The number of rotatable bonds is 9. The van der Waals surface area contributed by atoms with Crippen LogP contribution < -0.4 is 10.1 Å². The van der Waals surface area contributed by atoms with Gasteiger partial charge in [-0.15, -0.1) is 0 Å². The van der Waals surface area contributed by atoms with Crippen LogP contribution in [-0.2, 0) is 20.8 Å². The number of hydrogen-bond acceptors (Lipinski definition) is 5. The lowest BCUT2D eigenvalue weighted by Crippen LogP contribution is -2.52. The van der Waals surface area contributed by atoms with Crippen molar-refractivity contribution < 1.29 is 19.0 Å². The molecule has 0 spiro atoms. The molecule has 3 rings (SSSR count). The number of carbonyl (C=O) groups is 1. The van der Waals surface area contributed by atoms with E-state index < -0.39 is 17.8 Å². The van der Waals surface area contributed by atoms with Gasteiger partial charge in [-0.1, -0.05) is 64.4 Å². The summed E-state index contributed by atoms with van der Waals surface area (Å²) in [6.07, 6.45) is 1.39. The van der Waals surface area contributed by atoms with Gasteiger partial charge in [0.05, 0.1) is 6.42 Å². The first-order chi connectivity index (χ1) is 15.6. The number of carbonyl (C=O) groups excluding carboxylic acids is 1. The second kappa shape index (κ2) is 10.6. The highest BCUT2D eigenvalue weighted by Gasteiger charge is 2.47. The van der Waals surface area contributed by atoms with Crippen molar-refractivity contribution in [2.24, 2.45) is 5.41 Å². The molecule has 2 unspecified atom stereocenters. The van der Waals surface area contributed by atoms with Gasteiger partial charge in [0, 0.05) is 24.4 Å². The molecule has 2 atom stereocenters. The highest BCUT2D eigenvalue weighted by molar-refractivity contribution is 5.70. The number of benzene rings is 2. The summed E-state index contributed by atoms with van der Waals surface area (Å²) in [5.41, 5.74) is 2.23. The van der Waals surface area contributed by atoms with E-state index in [0.29, 0.717) is 13.0 Å². The van der Waals surface area contributed by atoms with Crippen molar-refractivity contribution in [1.82, 2.24) is 0 Å². The van der Waals surface area contributed by atoms with Gasteiger partial charge in [-0.25, -0.2) is 0 Å². The molecule has 33 heavy (non-hydrogen) atoms. The van der Waals surface area contributed by atoms with E-state index in [4.69, 9.17) is 14.2 Å². The first kappa shape index (κ1) is 25.1. The minimum Gasteiger partial charge on any atom is -0.483 e. The first-order valence-corrected chi connectivity index (χ1v) is 12.0. The Morgan fingerprint density at radius 2 is 1.85 bits per heavy atom. The van der Waals surface area contributed by atoms with Crippen molar-refractivity contribution in [1.29, 1.82) is 0 Å². The van der Waals surface area contributed by atoms with Gasteiger partial charge in [-0.2, -0.15) is 0 Å². The third kappa shape index (κ3) is 6.97. The van der Waals surface area contributed by atoms with E-state index in [-0.39, 0.29) is 11.4 Å². The molecule has 1 aliphatic heterocycles. The first-order valence-electron chi connectivity index (χ1n) is 12.0. The number of hydrogen-bond donors (Lipinski definition) is 1. The molecule has 1 aliphatic rings. The Labute approximate surface area is 198 Å². The standard InChI is InChI=1S/C28H39NO4/c1-7-8-16-31-25-22-17-21(29-19-20-12-10-9-11-13-20)14-15-23(22)33-28(5,6)26(25)32-24(30)18-27(2,3)4/h9-15,17,25-26,29H,7-8,16,18-19H2,1-6H3. The third-order valence-corrected chi connectivity index (χ3v) is 5.72. The van der Waals surface area contributed by atoms with Crippen LogP contribution in [0.4, 0.5) is 5.69 Å². The maximum Gasteiger partial charge on any atom is 0.306 e. The molecule has 1 heterocycles. The van der Waals surface area contributed by atoms with Crippen molar-refractivity contribution in [2.45, 2.75) is 85.2 Å². The van der Waals surface area contributed by atoms with E-state index in [1.807, 2.05) is 65.0 Å². The van der Waals surface area contributed by atoms with Gasteiger partial charge in [0.1, 0.15) is 17.5 Å². The van der Waals surface area contributed by atoms with Gasteiger partial charge in [-0.3, -0.25) is 4.79 Å². The fourth-order valence-corrected chi connectivity index (χ4v) is 3.99. The Bertz CT molecular complexity index is 917. The molecule has 0 saturated heterocycles. The molecular formula is C28H39NO4. The molecule has 5 heteroatoms. The smallest absolute Gasteiger partial charge is 0.306 e. The van der Waals surface area contributed by atoms with Crippen LogP contribution in [0.2, 0.25) is 0 Å². The fraction of sp³-hybridized carbons (Fsp3) is 0.536. The van der Waals surface area contributed by atoms with E-state index >= 15 is 0 Å². The average molecular weight is 454 g/mol. The second-order valence-electron chi connectivity index (χ2n) is 10.6. The molecule has 0 aliphatic carbocycles. The van der Waals surface area contributed by atoms with Crippen molar-refractivity contribution >= 4 is 11.7 Å². The molecule has 180 valence electrons. The molecule has 0 radical (unpaired) electrons. The molecule has 0 amide bonds. The highest BCUT2D eigenvalue weighted by atomic mass is 16.6. The van der Waals surface area contributed by atoms with Crippen LogP contribution in [0.5, 0.6) is 5.75 Å². The summed E-state index contributed by atoms with van der Waals surface area (Å²) in [5.74, 6) is 0.546. The largest absolute Gasteiger partial charge is 0.483 e. The molecule has 5 nitrogen and oxygen atoms in total. The molecule has 1 N–H and O–H groups in total. The number of unbranched alkanes of at least 4 members (excludes halogenated alkanes) is 1. The number of fused-ring (bicyclic) bond motifs is 1. The van der Waals surface area contributed by atoms with Crippen LogP contribution in [0.1, 0.15) is 78.0 Å². The highest BCUT2D eigenvalue weighted by Crippen LogP contribution is 2.44. The van der Waals surface area contributed by atoms with E-state index in [1.165, 1.54) is 5.56 Å². The van der Waals surface area contributed by atoms with E-state index in [0.717, 1.165) is 36.4 Å². The summed E-state index contributed by atoms with van der Waals surface area (Å²) >= 11 is 0. The quantitative estimate of drug-likeness (QED) is 0.339. The number of ether oxygens (including phenoxy) is 3. The maximum atomic E-state index is 12.8. The summed E-state index contributed by atoms with van der Waals surface area (Å²) < 4.78 is 18.7. The van der Waals surface area contributed by atoms with Gasteiger partial charge in [-0.05, 0) is 49.4 Å². The van der Waals surface area contributed by atoms with Gasteiger partial charge < -0.3 is 19.5 Å². The minimum absolute atomic E-state index is 0.151. The maximum absolute atomic E-state index is 12.8. The van der Waals surface area contributed by atoms with E-state index in [2.05, 4.69) is 30.4 Å². The zero-order valence-corrected chi connectivity index (χ0v) is 20.9. The van der Waals surface area contributed by atoms with Gasteiger partial charge in [0.15, 0.2) is 6.10 Å². The minimum atomic E-state index is -0.712. The number of nitrogens with one attached hydrogen (secondary N) is 1. The van der Waals surface area contributed by atoms with Gasteiger partial charge in [0.25, 0.3) is 0 Å². The van der Waals surface area contributed by atoms with Crippen LogP contribution >= 0.6 is 0 Å². The summed E-state index contributed by atoms with van der Waals surface area (Å²) in [6, 6.07) is 16.3. The van der Waals surface area contributed by atoms with Crippen molar-refractivity contribution in [3.63, 3.8) is 0 Å². The SMILES string of the molecule is CCCCOC1c2cc(NCc3ccccc3)ccc2OC(C)(C)C1OC(=O)CC(C)(C)C. The third-order valence-electron chi connectivity index (χ3n) is 5.72. The van der Waals surface area contributed by atoms with Crippen molar-refractivity contribution in [3.05, 3.63) is 59.7 Å². The predicted octanol–water partition coefficient (Wildman–Crippen LogP) is 6.68. The molecule has 0 aromatic heterocycles. The Hall–Kier alpha value is -2.53. The fourth-order valence-electron chi connectivity index (χ4n) is 3.99. The van der Waals surface area contributed by atoms with Gasteiger partial charge in [0.2, 0.25) is 0 Å². The van der Waals surface area contributed by atoms with Crippen LogP contribution in [0, 0.1) is 5.41 Å². The lowest BCUT2D eigenvalue weighted by atomic mass is 9.87. The zero-order chi connectivity index (χ0) is 24.1. The lowest BCUT2D eigenvalue weighted by molar-refractivity contribution is -0.186. The topological polar surface area (TPSA) is 56.8 Å². The summed E-state index contributed by atoms with van der Waals surface area (Å²) in [6.45, 7) is 13.5. The zero-order valence-electron chi connectivity index (χ0n) is 20.9. The summed E-state index contributed by atoms with van der Waals surface area (Å²) in [4.78, 5) is 12.8. The second-order valence-corrected chi connectivity index (χ2v) is 10.6. The molecule has 0 saturated carbocycles. The molecule has 2 aromatic carbocycles. The number of esters is 1.